The van der Waals surface area contributed by atoms with Crippen LogP contribution in [0, 0.1) is 5.82 Å². The SMILES string of the molecule is CC(C)c1ccc(C2CNCCO2)cc1F. The van der Waals surface area contributed by atoms with Gasteiger partial charge in [0.15, 0.2) is 0 Å². The minimum Gasteiger partial charge on any atom is -0.371 e. The zero-order chi connectivity index (χ0) is 11.5. The maximum absolute atomic E-state index is 13.8. The molecule has 1 atom stereocenters. The highest BCUT2D eigenvalue weighted by Gasteiger charge is 2.17. The number of benzene rings is 1. The molecule has 0 spiro atoms. The van der Waals surface area contributed by atoms with Gasteiger partial charge in [-0.2, -0.15) is 0 Å². The highest BCUT2D eigenvalue weighted by molar-refractivity contribution is 5.28. The van der Waals surface area contributed by atoms with Gasteiger partial charge in [-0.05, 0) is 23.1 Å². The topological polar surface area (TPSA) is 21.3 Å². The van der Waals surface area contributed by atoms with Gasteiger partial charge in [0, 0.05) is 13.1 Å². The molecule has 1 aromatic rings. The predicted molar refractivity (Wildman–Crippen MR) is 62.1 cm³/mol. The Kier molecular flexibility index (Phi) is 3.56. The van der Waals surface area contributed by atoms with Gasteiger partial charge in [-0.25, -0.2) is 4.39 Å². The van der Waals surface area contributed by atoms with Crippen LogP contribution < -0.4 is 5.32 Å². The standard InChI is InChI=1S/C13H18FNO/c1-9(2)11-4-3-10(7-12(11)14)13-8-15-5-6-16-13/h3-4,7,9,13,15H,5-6,8H2,1-2H3. The molecule has 0 aliphatic carbocycles. The van der Waals surface area contributed by atoms with E-state index >= 15 is 0 Å². The molecular formula is C13H18FNO. The lowest BCUT2D eigenvalue weighted by Gasteiger charge is -2.24. The molecule has 1 N–H and O–H groups in total. The summed E-state index contributed by atoms with van der Waals surface area (Å²) in [6.07, 6.45) is -0.00976. The third-order valence-electron chi connectivity index (χ3n) is 2.95. The van der Waals surface area contributed by atoms with Crippen LogP contribution in [0.3, 0.4) is 0 Å². The van der Waals surface area contributed by atoms with E-state index in [1.165, 1.54) is 0 Å². The van der Waals surface area contributed by atoms with E-state index in [9.17, 15) is 4.39 Å². The van der Waals surface area contributed by atoms with Gasteiger partial charge in [-0.15, -0.1) is 0 Å². The van der Waals surface area contributed by atoms with Crippen molar-refractivity contribution in [1.29, 1.82) is 0 Å². The fourth-order valence-electron chi connectivity index (χ4n) is 1.99. The first-order valence-electron chi connectivity index (χ1n) is 5.80. The van der Waals surface area contributed by atoms with E-state index in [0.29, 0.717) is 6.61 Å². The van der Waals surface area contributed by atoms with Crippen LogP contribution in [-0.4, -0.2) is 19.7 Å². The minimum absolute atomic E-state index is 0.00976. The van der Waals surface area contributed by atoms with Crippen LogP contribution in [0.4, 0.5) is 4.39 Å². The molecule has 0 radical (unpaired) electrons. The van der Waals surface area contributed by atoms with Crippen LogP contribution in [0.15, 0.2) is 18.2 Å². The Balaban J connectivity index is 2.19. The molecule has 1 fully saturated rings. The van der Waals surface area contributed by atoms with Gasteiger partial charge in [0.1, 0.15) is 5.82 Å². The number of hydrogen-bond acceptors (Lipinski definition) is 2. The van der Waals surface area contributed by atoms with Crippen LogP contribution in [0.25, 0.3) is 0 Å². The summed E-state index contributed by atoms with van der Waals surface area (Å²) in [6.45, 7) is 6.33. The monoisotopic (exact) mass is 223 g/mol. The Labute approximate surface area is 95.8 Å². The van der Waals surface area contributed by atoms with Crippen molar-refractivity contribution < 1.29 is 9.13 Å². The molecule has 1 aliphatic rings. The lowest BCUT2D eigenvalue weighted by atomic mass is 9.99. The number of morpholine rings is 1. The lowest BCUT2D eigenvalue weighted by molar-refractivity contribution is 0.0275. The molecule has 1 unspecified atom stereocenters. The number of halogens is 1. The summed E-state index contributed by atoms with van der Waals surface area (Å²) >= 11 is 0. The Morgan fingerprint density at radius 1 is 1.44 bits per heavy atom. The molecule has 0 bridgehead atoms. The zero-order valence-electron chi connectivity index (χ0n) is 9.79. The van der Waals surface area contributed by atoms with Crippen molar-refractivity contribution in [2.75, 3.05) is 19.7 Å². The Hall–Kier alpha value is -0.930. The molecule has 1 aliphatic heterocycles. The van der Waals surface area contributed by atoms with Crippen LogP contribution in [0.2, 0.25) is 0 Å². The van der Waals surface area contributed by atoms with Crippen LogP contribution >= 0.6 is 0 Å². The van der Waals surface area contributed by atoms with Crippen molar-refractivity contribution in [3.05, 3.63) is 35.1 Å². The second kappa shape index (κ2) is 4.93. The van der Waals surface area contributed by atoms with E-state index < -0.39 is 0 Å². The molecule has 2 nitrogen and oxygen atoms in total. The van der Waals surface area contributed by atoms with Crippen LogP contribution in [0.1, 0.15) is 37.0 Å². The van der Waals surface area contributed by atoms with Crippen molar-refractivity contribution in [2.24, 2.45) is 0 Å². The van der Waals surface area contributed by atoms with E-state index in [0.717, 1.165) is 24.2 Å². The van der Waals surface area contributed by atoms with Gasteiger partial charge in [0.05, 0.1) is 12.7 Å². The van der Waals surface area contributed by atoms with Crippen LogP contribution in [0.5, 0.6) is 0 Å². The molecule has 0 amide bonds. The first-order valence-corrected chi connectivity index (χ1v) is 5.80. The van der Waals surface area contributed by atoms with Crippen molar-refractivity contribution in [3.8, 4) is 0 Å². The molecule has 2 rings (SSSR count). The van der Waals surface area contributed by atoms with E-state index in [-0.39, 0.29) is 17.8 Å². The lowest BCUT2D eigenvalue weighted by Crippen LogP contribution is -2.33. The van der Waals surface area contributed by atoms with Crippen molar-refractivity contribution in [2.45, 2.75) is 25.9 Å². The summed E-state index contributed by atoms with van der Waals surface area (Å²) in [4.78, 5) is 0. The highest BCUT2D eigenvalue weighted by Crippen LogP contribution is 2.24. The molecule has 16 heavy (non-hydrogen) atoms. The largest absolute Gasteiger partial charge is 0.371 e. The second-order valence-electron chi connectivity index (χ2n) is 4.50. The van der Waals surface area contributed by atoms with E-state index in [1.54, 1.807) is 6.07 Å². The molecule has 3 heteroatoms. The maximum Gasteiger partial charge on any atom is 0.127 e. The molecule has 0 saturated carbocycles. The van der Waals surface area contributed by atoms with Crippen LogP contribution in [-0.2, 0) is 4.74 Å². The second-order valence-corrected chi connectivity index (χ2v) is 4.50. The van der Waals surface area contributed by atoms with Gasteiger partial charge in [0.2, 0.25) is 0 Å². The summed E-state index contributed by atoms with van der Waals surface area (Å²) in [7, 11) is 0. The van der Waals surface area contributed by atoms with Gasteiger partial charge in [0.25, 0.3) is 0 Å². The molecule has 1 aromatic carbocycles. The van der Waals surface area contributed by atoms with Crippen molar-refractivity contribution >= 4 is 0 Å². The molecule has 1 saturated heterocycles. The van der Waals surface area contributed by atoms with Crippen molar-refractivity contribution in [1.82, 2.24) is 5.32 Å². The Morgan fingerprint density at radius 3 is 2.81 bits per heavy atom. The van der Waals surface area contributed by atoms with Gasteiger partial charge >= 0.3 is 0 Å². The fraction of sp³-hybridized carbons (Fsp3) is 0.538. The third kappa shape index (κ3) is 2.42. The number of hydrogen-bond donors (Lipinski definition) is 1. The summed E-state index contributed by atoms with van der Waals surface area (Å²) < 4.78 is 19.4. The van der Waals surface area contributed by atoms with E-state index in [1.807, 2.05) is 26.0 Å². The average molecular weight is 223 g/mol. The normalized spacial score (nSPS) is 21.4. The minimum atomic E-state index is -0.123. The van der Waals surface area contributed by atoms with Gasteiger partial charge in [-0.1, -0.05) is 26.0 Å². The summed E-state index contributed by atoms with van der Waals surface area (Å²) in [5.41, 5.74) is 1.70. The first kappa shape index (κ1) is 11.6. The number of nitrogens with one attached hydrogen (secondary N) is 1. The highest BCUT2D eigenvalue weighted by atomic mass is 19.1. The molecule has 0 aromatic heterocycles. The molecule has 88 valence electrons. The fourth-order valence-corrected chi connectivity index (χ4v) is 1.99. The predicted octanol–water partition coefficient (Wildman–Crippen LogP) is 2.61. The first-order chi connectivity index (χ1) is 7.68. The average Bonchev–Trinajstić information content (AvgIpc) is 2.29. The quantitative estimate of drug-likeness (QED) is 0.832. The number of ether oxygens (including phenoxy) is 1. The van der Waals surface area contributed by atoms with Gasteiger partial charge < -0.3 is 10.1 Å². The summed E-state index contributed by atoms with van der Waals surface area (Å²) in [5, 5.41) is 3.24. The van der Waals surface area contributed by atoms with Gasteiger partial charge in [-0.3, -0.25) is 0 Å². The smallest absolute Gasteiger partial charge is 0.127 e. The van der Waals surface area contributed by atoms with Crippen molar-refractivity contribution in [3.63, 3.8) is 0 Å². The van der Waals surface area contributed by atoms with E-state index in [2.05, 4.69) is 5.32 Å². The molecular weight excluding hydrogens is 205 g/mol. The Bertz CT molecular complexity index is 359. The third-order valence-corrected chi connectivity index (χ3v) is 2.95. The Morgan fingerprint density at radius 2 is 2.25 bits per heavy atom. The molecule has 1 heterocycles. The number of rotatable bonds is 2. The zero-order valence-corrected chi connectivity index (χ0v) is 9.79. The maximum atomic E-state index is 13.8. The summed E-state index contributed by atoms with van der Waals surface area (Å²) in [5.74, 6) is 0.0983. The summed E-state index contributed by atoms with van der Waals surface area (Å²) in [6, 6.07) is 5.44. The van der Waals surface area contributed by atoms with E-state index in [4.69, 9.17) is 4.74 Å².